The van der Waals surface area contributed by atoms with Gasteiger partial charge in [-0.2, -0.15) is 13.2 Å². The van der Waals surface area contributed by atoms with Gasteiger partial charge in [0.2, 0.25) is 0 Å². The lowest BCUT2D eigenvalue weighted by Gasteiger charge is -2.40. The molecule has 0 aromatic rings. The van der Waals surface area contributed by atoms with Gasteiger partial charge < -0.3 is 9.47 Å². The van der Waals surface area contributed by atoms with E-state index in [0.717, 1.165) is 6.42 Å². The third-order valence-electron chi connectivity index (χ3n) is 5.49. The number of hydroxylamine groups is 1. The summed E-state index contributed by atoms with van der Waals surface area (Å²) >= 11 is 0. The Morgan fingerprint density at radius 3 is 2.38 bits per heavy atom. The minimum atomic E-state index is -4.08. The van der Waals surface area contributed by atoms with Gasteiger partial charge in [-0.05, 0) is 38.5 Å². The van der Waals surface area contributed by atoms with Gasteiger partial charge in [0.15, 0.2) is 0 Å². The second kappa shape index (κ2) is 11.6. The van der Waals surface area contributed by atoms with Gasteiger partial charge >= 0.3 is 6.18 Å². The minimum absolute atomic E-state index is 0.0238. The summed E-state index contributed by atoms with van der Waals surface area (Å²) in [6, 6.07) is 0. The lowest BCUT2D eigenvalue weighted by Crippen LogP contribution is -2.57. The van der Waals surface area contributed by atoms with Gasteiger partial charge in [0.05, 0.1) is 6.10 Å². The topological polar surface area (TPSA) is 88.1 Å². The standard InChI is InChI=1S/C18H31F3N2O5S/c19-18(20,21)7-3-1-2-4-12-28-15-5-10-23(11-6-15)29(26)17(16(24)22-25)8-13-27-14-9-17/h15,25H,1-14H2,(H,22,24). The molecule has 0 aliphatic carbocycles. The fourth-order valence-electron chi connectivity index (χ4n) is 3.73. The van der Waals surface area contributed by atoms with E-state index in [-0.39, 0.29) is 25.4 Å². The molecular weight excluding hydrogens is 413 g/mol. The van der Waals surface area contributed by atoms with E-state index in [9.17, 15) is 22.2 Å². The summed E-state index contributed by atoms with van der Waals surface area (Å²) in [7, 11) is -1.58. The number of piperidine rings is 1. The van der Waals surface area contributed by atoms with Gasteiger partial charge in [-0.15, -0.1) is 0 Å². The Kier molecular flexibility index (Phi) is 9.80. The highest BCUT2D eigenvalue weighted by atomic mass is 32.2. The molecule has 1 unspecified atom stereocenters. The zero-order valence-electron chi connectivity index (χ0n) is 16.5. The molecule has 0 aromatic carbocycles. The first-order valence-corrected chi connectivity index (χ1v) is 11.3. The summed E-state index contributed by atoms with van der Waals surface area (Å²) in [4.78, 5) is 12.2. The summed E-state index contributed by atoms with van der Waals surface area (Å²) in [5.74, 6) is -0.636. The maximum atomic E-state index is 13.1. The molecule has 2 heterocycles. The number of hydrogen-bond acceptors (Lipinski definition) is 5. The van der Waals surface area contributed by atoms with Crippen LogP contribution in [0.1, 0.15) is 57.8 Å². The van der Waals surface area contributed by atoms with Crippen LogP contribution in [0, 0.1) is 0 Å². The number of unbranched alkanes of at least 4 members (excludes halogenated alkanes) is 3. The van der Waals surface area contributed by atoms with Crippen LogP contribution >= 0.6 is 0 Å². The molecule has 2 aliphatic heterocycles. The van der Waals surface area contributed by atoms with Crippen LogP contribution in [0.5, 0.6) is 0 Å². The van der Waals surface area contributed by atoms with E-state index >= 15 is 0 Å². The maximum absolute atomic E-state index is 13.1. The van der Waals surface area contributed by atoms with E-state index in [2.05, 4.69) is 0 Å². The van der Waals surface area contributed by atoms with E-state index < -0.39 is 34.2 Å². The van der Waals surface area contributed by atoms with Crippen LogP contribution in [0.2, 0.25) is 0 Å². The lowest BCUT2D eigenvalue weighted by molar-refractivity contribution is -0.136. The average Bonchev–Trinajstić information content (AvgIpc) is 2.72. The molecule has 2 aliphatic rings. The lowest BCUT2D eigenvalue weighted by atomic mass is 9.98. The molecule has 29 heavy (non-hydrogen) atoms. The van der Waals surface area contributed by atoms with E-state index in [1.807, 2.05) is 0 Å². The van der Waals surface area contributed by atoms with Crippen molar-refractivity contribution in [1.82, 2.24) is 9.79 Å². The van der Waals surface area contributed by atoms with Crippen molar-refractivity contribution >= 4 is 16.9 Å². The van der Waals surface area contributed by atoms with Crippen LogP contribution in [0.3, 0.4) is 0 Å². The number of carbonyl (C=O) groups is 1. The minimum Gasteiger partial charge on any atom is -0.381 e. The zero-order chi connectivity index (χ0) is 21.3. The molecular formula is C18H31F3N2O5S. The zero-order valence-corrected chi connectivity index (χ0v) is 17.4. The third-order valence-corrected chi connectivity index (χ3v) is 7.59. The van der Waals surface area contributed by atoms with Gasteiger partial charge in [-0.1, -0.05) is 12.8 Å². The SMILES string of the molecule is O=C(NO)C1(S(=O)N2CCC(OCCCCCCC(F)(F)F)CC2)CCOCC1. The number of hydrogen-bond donors (Lipinski definition) is 2. The number of amides is 1. The maximum Gasteiger partial charge on any atom is 0.389 e. The second-order valence-corrected chi connectivity index (χ2v) is 9.37. The van der Waals surface area contributed by atoms with Gasteiger partial charge in [0, 0.05) is 39.3 Å². The molecule has 170 valence electrons. The first-order valence-electron chi connectivity index (χ1n) is 10.2. The third kappa shape index (κ3) is 7.46. The van der Waals surface area contributed by atoms with Crippen LogP contribution in [0.4, 0.5) is 13.2 Å². The molecule has 2 N–H and O–H groups in total. The smallest absolute Gasteiger partial charge is 0.381 e. The first kappa shape index (κ1) is 24.5. The number of alkyl halides is 3. The van der Waals surface area contributed by atoms with E-state index in [4.69, 9.17) is 14.7 Å². The summed E-state index contributed by atoms with van der Waals surface area (Å²) in [6.07, 6.45) is -0.731. The summed E-state index contributed by atoms with van der Waals surface area (Å²) < 4.78 is 61.0. The number of nitrogens with one attached hydrogen (secondary N) is 1. The van der Waals surface area contributed by atoms with Crippen molar-refractivity contribution in [2.24, 2.45) is 0 Å². The molecule has 2 fully saturated rings. The Bertz CT molecular complexity index is 536. The molecule has 0 saturated carbocycles. The molecule has 2 saturated heterocycles. The fourth-order valence-corrected chi connectivity index (χ4v) is 5.48. The fraction of sp³-hybridized carbons (Fsp3) is 0.944. The second-order valence-electron chi connectivity index (χ2n) is 7.58. The van der Waals surface area contributed by atoms with Crippen molar-refractivity contribution in [2.45, 2.75) is 74.8 Å². The highest BCUT2D eigenvalue weighted by Gasteiger charge is 2.48. The molecule has 0 aromatic heterocycles. The average molecular weight is 445 g/mol. The molecule has 0 spiro atoms. The summed E-state index contributed by atoms with van der Waals surface area (Å²) in [5.41, 5.74) is 1.66. The molecule has 0 radical (unpaired) electrons. The van der Waals surface area contributed by atoms with Crippen LogP contribution in [-0.4, -0.2) is 69.6 Å². The number of rotatable bonds is 10. The predicted octanol–water partition coefficient (Wildman–Crippen LogP) is 2.70. The monoisotopic (exact) mass is 444 g/mol. The first-order chi connectivity index (χ1) is 13.8. The Balaban J connectivity index is 1.67. The van der Waals surface area contributed by atoms with Crippen LogP contribution in [0.15, 0.2) is 0 Å². The van der Waals surface area contributed by atoms with Crippen molar-refractivity contribution in [1.29, 1.82) is 0 Å². The van der Waals surface area contributed by atoms with Gasteiger partial charge in [0.25, 0.3) is 5.91 Å². The summed E-state index contributed by atoms with van der Waals surface area (Å²) in [5, 5.41) is 9.09. The van der Waals surface area contributed by atoms with Crippen molar-refractivity contribution in [3.05, 3.63) is 0 Å². The van der Waals surface area contributed by atoms with Crippen LogP contribution in [0.25, 0.3) is 0 Å². The molecule has 2 rings (SSSR count). The van der Waals surface area contributed by atoms with Crippen molar-refractivity contribution in [2.75, 3.05) is 32.9 Å². The predicted molar refractivity (Wildman–Crippen MR) is 101 cm³/mol. The number of carbonyl (C=O) groups excluding carboxylic acids is 1. The Morgan fingerprint density at radius 1 is 1.17 bits per heavy atom. The quantitative estimate of drug-likeness (QED) is 0.307. The Labute approximate surface area is 171 Å². The number of ether oxygens (including phenoxy) is 2. The van der Waals surface area contributed by atoms with Crippen molar-refractivity contribution in [3.8, 4) is 0 Å². The highest BCUT2D eigenvalue weighted by molar-refractivity contribution is 7.85. The summed E-state index contributed by atoms with van der Waals surface area (Å²) in [6.45, 7) is 2.19. The van der Waals surface area contributed by atoms with Gasteiger partial charge in [0.1, 0.15) is 15.7 Å². The molecule has 1 atom stereocenters. The van der Waals surface area contributed by atoms with Crippen molar-refractivity contribution in [3.63, 3.8) is 0 Å². The van der Waals surface area contributed by atoms with Gasteiger partial charge in [-0.25, -0.2) is 14.0 Å². The van der Waals surface area contributed by atoms with Crippen molar-refractivity contribution < 1.29 is 36.9 Å². The normalized spacial score (nSPS) is 22.3. The molecule has 0 bridgehead atoms. The Morgan fingerprint density at radius 2 is 1.79 bits per heavy atom. The largest absolute Gasteiger partial charge is 0.389 e. The van der Waals surface area contributed by atoms with Crippen LogP contribution in [-0.2, 0) is 25.3 Å². The van der Waals surface area contributed by atoms with E-state index in [0.29, 0.717) is 58.6 Å². The molecule has 1 amide bonds. The van der Waals surface area contributed by atoms with Crippen LogP contribution < -0.4 is 5.48 Å². The molecule has 11 heteroatoms. The number of nitrogens with zero attached hydrogens (tertiary/aromatic N) is 1. The number of halogens is 3. The molecule has 7 nitrogen and oxygen atoms in total. The van der Waals surface area contributed by atoms with Gasteiger partial charge in [-0.3, -0.25) is 10.0 Å². The van der Waals surface area contributed by atoms with E-state index in [1.165, 1.54) is 0 Å². The highest BCUT2D eigenvalue weighted by Crippen LogP contribution is 2.31. The van der Waals surface area contributed by atoms with E-state index in [1.54, 1.807) is 9.79 Å². The Hall–Kier alpha value is -0.750.